The van der Waals surface area contributed by atoms with Gasteiger partial charge < -0.3 is 5.11 Å². The topological polar surface area (TPSA) is 20.2 Å². The maximum atomic E-state index is 10.2. The largest absolute Gasteiger partial charge is 0.393 e. The molecule has 0 aliphatic heterocycles. The Morgan fingerprint density at radius 1 is 0.737 bits per heavy atom. The molecule has 0 heterocycles. The fourth-order valence-corrected chi connectivity index (χ4v) is 3.73. The SMILES string of the molecule is CCCCCCC[C@H]1CC[C@H](O)[C@H]1CCCCCC. The summed E-state index contributed by atoms with van der Waals surface area (Å²) >= 11 is 0. The number of aliphatic hydroxyl groups excluding tert-OH is 1. The molecule has 0 aromatic rings. The quantitative estimate of drug-likeness (QED) is 0.476. The predicted octanol–water partition coefficient (Wildman–Crippen LogP) is 5.70. The monoisotopic (exact) mass is 268 g/mol. The number of hydrogen-bond acceptors (Lipinski definition) is 1. The zero-order valence-electron chi connectivity index (χ0n) is 13.4. The van der Waals surface area contributed by atoms with Crippen LogP contribution in [0.25, 0.3) is 0 Å². The minimum atomic E-state index is 0.0160. The smallest absolute Gasteiger partial charge is 0.0571 e. The second-order valence-corrected chi connectivity index (χ2v) is 6.62. The predicted molar refractivity (Wildman–Crippen MR) is 84.4 cm³/mol. The molecule has 1 N–H and O–H groups in total. The Bertz CT molecular complexity index is 202. The summed E-state index contributed by atoms with van der Waals surface area (Å²) in [6.45, 7) is 4.54. The van der Waals surface area contributed by atoms with Crippen LogP contribution >= 0.6 is 0 Å². The van der Waals surface area contributed by atoms with E-state index >= 15 is 0 Å². The first-order chi connectivity index (χ1) is 9.29. The van der Waals surface area contributed by atoms with Gasteiger partial charge in [-0.25, -0.2) is 0 Å². The Kier molecular flexibility index (Phi) is 9.59. The third kappa shape index (κ3) is 6.79. The van der Waals surface area contributed by atoms with Gasteiger partial charge in [-0.05, 0) is 31.1 Å². The van der Waals surface area contributed by atoms with Gasteiger partial charge in [0.15, 0.2) is 0 Å². The van der Waals surface area contributed by atoms with E-state index in [0.717, 1.165) is 12.3 Å². The summed E-state index contributed by atoms with van der Waals surface area (Å²) in [6, 6.07) is 0. The number of aliphatic hydroxyl groups is 1. The first-order valence-electron chi connectivity index (χ1n) is 8.97. The van der Waals surface area contributed by atoms with Crippen LogP contribution in [0.2, 0.25) is 0 Å². The van der Waals surface area contributed by atoms with Crippen LogP contribution in [0.5, 0.6) is 0 Å². The maximum absolute atomic E-state index is 10.2. The van der Waals surface area contributed by atoms with Gasteiger partial charge in [0.1, 0.15) is 0 Å². The highest BCUT2D eigenvalue weighted by Gasteiger charge is 2.33. The first kappa shape index (κ1) is 17.0. The van der Waals surface area contributed by atoms with Gasteiger partial charge >= 0.3 is 0 Å². The van der Waals surface area contributed by atoms with Crippen molar-refractivity contribution in [2.45, 2.75) is 103 Å². The van der Waals surface area contributed by atoms with Crippen LogP contribution < -0.4 is 0 Å². The van der Waals surface area contributed by atoms with E-state index in [1.165, 1.54) is 77.0 Å². The van der Waals surface area contributed by atoms with Crippen LogP contribution in [0, 0.1) is 11.8 Å². The molecule has 1 heteroatoms. The van der Waals surface area contributed by atoms with E-state index in [-0.39, 0.29) is 6.10 Å². The molecule has 0 unspecified atom stereocenters. The highest BCUT2D eigenvalue weighted by Crippen LogP contribution is 2.38. The van der Waals surface area contributed by atoms with Crippen molar-refractivity contribution in [1.29, 1.82) is 0 Å². The van der Waals surface area contributed by atoms with E-state index in [4.69, 9.17) is 0 Å². The summed E-state index contributed by atoms with van der Waals surface area (Å²) in [7, 11) is 0. The van der Waals surface area contributed by atoms with Gasteiger partial charge in [0.2, 0.25) is 0 Å². The molecule has 0 aromatic heterocycles. The molecule has 1 saturated carbocycles. The van der Waals surface area contributed by atoms with E-state index < -0.39 is 0 Å². The third-order valence-electron chi connectivity index (χ3n) is 5.00. The second-order valence-electron chi connectivity index (χ2n) is 6.62. The van der Waals surface area contributed by atoms with Crippen molar-refractivity contribution in [2.75, 3.05) is 0 Å². The highest BCUT2D eigenvalue weighted by atomic mass is 16.3. The molecular formula is C18H36O. The molecule has 1 rings (SSSR count). The van der Waals surface area contributed by atoms with Crippen molar-refractivity contribution in [3.63, 3.8) is 0 Å². The minimum Gasteiger partial charge on any atom is -0.393 e. The van der Waals surface area contributed by atoms with Crippen molar-refractivity contribution in [3.05, 3.63) is 0 Å². The standard InChI is InChI=1S/C18H36O/c1-3-5-7-9-10-12-16-14-15-18(19)17(16)13-11-8-6-4-2/h16-19H,3-15H2,1-2H3/t16-,17-,18-/m0/s1. The van der Waals surface area contributed by atoms with Crippen molar-refractivity contribution >= 4 is 0 Å². The van der Waals surface area contributed by atoms with Gasteiger partial charge in [0.25, 0.3) is 0 Å². The molecule has 0 bridgehead atoms. The zero-order valence-corrected chi connectivity index (χ0v) is 13.4. The lowest BCUT2D eigenvalue weighted by Gasteiger charge is -2.22. The van der Waals surface area contributed by atoms with Crippen LogP contribution in [0.4, 0.5) is 0 Å². The summed E-state index contributed by atoms with van der Waals surface area (Å²) in [5.74, 6) is 1.46. The van der Waals surface area contributed by atoms with E-state index in [0.29, 0.717) is 5.92 Å². The van der Waals surface area contributed by atoms with E-state index in [2.05, 4.69) is 13.8 Å². The molecular weight excluding hydrogens is 232 g/mol. The number of unbranched alkanes of at least 4 members (excludes halogenated alkanes) is 7. The normalized spacial score (nSPS) is 27.0. The van der Waals surface area contributed by atoms with Crippen LogP contribution in [0.3, 0.4) is 0 Å². The van der Waals surface area contributed by atoms with Crippen molar-refractivity contribution < 1.29 is 5.11 Å². The summed E-state index contributed by atoms with van der Waals surface area (Å²) in [5, 5.41) is 10.2. The van der Waals surface area contributed by atoms with Gasteiger partial charge in [0.05, 0.1) is 6.10 Å². The zero-order chi connectivity index (χ0) is 13.9. The summed E-state index contributed by atoms with van der Waals surface area (Å²) < 4.78 is 0. The molecule has 1 aliphatic carbocycles. The van der Waals surface area contributed by atoms with E-state index in [9.17, 15) is 5.11 Å². The lowest BCUT2D eigenvalue weighted by atomic mass is 9.86. The lowest BCUT2D eigenvalue weighted by molar-refractivity contribution is 0.107. The molecule has 114 valence electrons. The molecule has 1 fully saturated rings. The average Bonchev–Trinajstić information content (AvgIpc) is 2.76. The number of hydrogen-bond donors (Lipinski definition) is 1. The molecule has 1 nitrogen and oxygen atoms in total. The Morgan fingerprint density at radius 3 is 2.00 bits per heavy atom. The Labute approximate surface area is 121 Å². The van der Waals surface area contributed by atoms with Gasteiger partial charge in [-0.3, -0.25) is 0 Å². The lowest BCUT2D eigenvalue weighted by Crippen LogP contribution is -2.19. The fraction of sp³-hybridized carbons (Fsp3) is 1.00. The average molecular weight is 268 g/mol. The van der Waals surface area contributed by atoms with Gasteiger partial charge in [-0.15, -0.1) is 0 Å². The molecule has 0 saturated heterocycles. The number of rotatable bonds is 11. The molecule has 3 atom stereocenters. The van der Waals surface area contributed by atoms with E-state index in [1.807, 2.05) is 0 Å². The van der Waals surface area contributed by atoms with Gasteiger partial charge in [-0.2, -0.15) is 0 Å². The third-order valence-corrected chi connectivity index (χ3v) is 5.00. The molecule has 19 heavy (non-hydrogen) atoms. The summed E-state index contributed by atoms with van der Waals surface area (Å²) in [5.41, 5.74) is 0. The molecule has 0 spiro atoms. The summed E-state index contributed by atoms with van der Waals surface area (Å²) in [6.07, 6.45) is 17.3. The maximum Gasteiger partial charge on any atom is 0.0571 e. The van der Waals surface area contributed by atoms with Crippen molar-refractivity contribution in [1.82, 2.24) is 0 Å². The minimum absolute atomic E-state index is 0.0160. The first-order valence-corrected chi connectivity index (χ1v) is 8.97. The van der Waals surface area contributed by atoms with E-state index in [1.54, 1.807) is 0 Å². The summed E-state index contributed by atoms with van der Waals surface area (Å²) in [4.78, 5) is 0. The van der Waals surface area contributed by atoms with Crippen LogP contribution in [0.15, 0.2) is 0 Å². The van der Waals surface area contributed by atoms with Crippen molar-refractivity contribution in [3.8, 4) is 0 Å². The van der Waals surface area contributed by atoms with Crippen LogP contribution in [-0.4, -0.2) is 11.2 Å². The highest BCUT2D eigenvalue weighted by molar-refractivity contribution is 4.84. The Hall–Kier alpha value is -0.0400. The molecule has 0 amide bonds. The Balaban J connectivity index is 2.15. The second kappa shape index (κ2) is 10.7. The van der Waals surface area contributed by atoms with Crippen LogP contribution in [0.1, 0.15) is 97.3 Å². The van der Waals surface area contributed by atoms with Crippen LogP contribution in [-0.2, 0) is 0 Å². The fourth-order valence-electron chi connectivity index (χ4n) is 3.73. The molecule has 0 radical (unpaired) electrons. The van der Waals surface area contributed by atoms with Gasteiger partial charge in [-0.1, -0.05) is 78.1 Å². The Morgan fingerprint density at radius 2 is 1.32 bits per heavy atom. The molecule has 1 aliphatic rings. The van der Waals surface area contributed by atoms with Gasteiger partial charge in [0, 0.05) is 0 Å². The van der Waals surface area contributed by atoms with Crippen molar-refractivity contribution in [2.24, 2.45) is 11.8 Å². The molecule has 0 aromatic carbocycles.